The van der Waals surface area contributed by atoms with Crippen LogP contribution < -0.4 is 14.3 Å². The molecule has 0 bridgehead atoms. The molecule has 13 heteroatoms. The van der Waals surface area contributed by atoms with Crippen LogP contribution in [-0.2, 0) is 15.7 Å². The van der Waals surface area contributed by atoms with Gasteiger partial charge in [0.25, 0.3) is 0 Å². The highest BCUT2D eigenvalue weighted by molar-refractivity contribution is 7.50. The first-order valence-electron chi connectivity index (χ1n) is 12.5. The molecule has 0 aliphatic heterocycles. The van der Waals surface area contributed by atoms with Gasteiger partial charge in [-0.15, -0.1) is 11.3 Å². The van der Waals surface area contributed by atoms with Crippen molar-refractivity contribution in [3.63, 3.8) is 0 Å². The summed E-state index contributed by atoms with van der Waals surface area (Å²) in [6.07, 6.45) is 0.354. The summed E-state index contributed by atoms with van der Waals surface area (Å²) >= 11 is 0.916. The van der Waals surface area contributed by atoms with Gasteiger partial charge in [-0.2, -0.15) is 8.78 Å². The molecule has 4 aromatic rings. The first kappa shape index (κ1) is 31.3. The van der Waals surface area contributed by atoms with Crippen LogP contribution in [-0.4, -0.2) is 25.1 Å². The van der Waals surface area contributed by atoms with Gasteiger partial charge in [-0.1, -0.05) is 45.0 Å². The molecule has 1 atom stereocenters. The Balaban J connectivity index is 1.50. The van der Waals surface area contributed by atoms with Gasteiger partial charge < -0.3 is 14.0 Å². The summed E-state index contributed by atoms with van der Waals surface area (Å²) in [6.45, 7) is 6.02. The molecule has 0 aliphatic rings. The highest BCUT2D eigenvalue weighted by Crippen LogP contribution is 2.39. The van der Waals surface area contributed by atoms with Gasteiger partial charge in [0.15, 0.2) is 8.30 Å². The number of carbonyl (C=O) groups is 2. The van der Waals surface area contributed by atoms with Crippen molar-refractivity contribution in [2.45, 2.75) is 26.9 Å². The molecule has 0 saturated carbocycles. The van der Waals surface area contributed by atoms with E-state index in [1.54, 1.807) is 30.3 Å². The van der Waals surface area contributed by atoms with Gasteiger partial charge in [-0.05, 0) is 46.7 Å². The quantitative estimate of drug-likeness (QED) is 0.0483. The van der Waals surface area contributed by atoms with Crippen LogP contribution in [0.15, 0.2) is 54.6 Å². The zero-order valence-electron chi connectivity index (χ0n) is 22.6. The topological polar surface area (TPSA) is 73.9 Å². The number of carbonyl (C=O) groups excluding carboxylic acids is 2. The van der Waals surface area contributed by atoms with Gasteiger partial charge in [0, 0.05) is 10.9 Å². The summed E-state index contributed by atoms with van der Waals surface area (Å²) in [5.74, 6) is -14.1. The number of para-hydroxylation sites is 1. The first-order chi connectivity index (χ1) is 19.8. The summed E-state index contributed by atoms with van der Waals surface area (Å²) in [6, 6.07) is 15.6. The Kier molecular flexibility index (Phi) is 9.81. The third-order valence-corrected chi connectivity index (χ3v) is 8.19. The Hall–Kier alpha value is -3.60. The van der Waals surface area contributed by atoms with Crippen molar-refractivity contribution >= 4 is 41.7 Å². The minimum atomic E-state index is -2.35. The zero-order chi connectivity index (χ0) is 30.6. The lowest BCUT2D eigenvalue weighted by atomic mass is 9.99. The van der Waals surface area contributed by atoms with E-state index >= 15 is 0 Å². The summed E-state index contributed by atoms with van der Waals surface area (Å²) in [4.78, 5) is 24.7. The van der Waals surface area contributed by atoms with Gasteiger partial charge in [0.05, 0.1) is 6.61 Å². The highest BCUT2D eigenvalue weighted by atomic mass is 32.1. The van der Waals surface area contributed by atoms with Crippen molar-refractivity contribution in [2.24, 2.45) is 5.41 Å². The van der Waals surface area contributed by atoms with Crippen molar-refractivity contribution in [3.05, 3.63) is 94.1 Å². The van der Waals surface area contributed by atoms with Gasteiger partial charge >= 0.3 is 11.9 Å². The monoisotopic (exact) mass is 625 g/mol. The molecule has 3 aromatic carbocycles. The second-order valence-corrected chi connectivity index (χ2v) is 12.9. The second kappa shape index (κ2) is 13.1. The molecular formula is C29H25F5NO5PS. The van der Waals surface area contributed by atoms with Gasteiger partial charge in [-0.25, -0.2) is 18.0 Å². The summed E-state index contributed by atoms with van der Waals surface area (Å²) < 4.78 is 84.9. The minimum absolute atomic E-state index is 0.0804. The Morgan fingerprint density at radius 3 is 2.17 bits per heavy atom. The molecule has 42 heavy (non-hydrogen) atoms. The van der Waals surface area contributed by atoms with E-state index in [1.807, 2.05) is 39.0 Å². The molecule has 0 saturated heterocycles. The minimum Gasteiger partial charge on any atom is -0.464 e. The smallest absolute Gasteiger partial charge is 0.353 e. The number of thiophene rings is 1. The van der Waals surface area contributed by atoms with Crippen LogP contribution in [0.2, 0.25) is 0 Å². The van der Waals surface area contributed by atoms with E-state index in [2.05, 4.69) is 9.82 Å². The summed E-state index contributed by atoms with van der Waals surface area (Å²) in [5.41, 5.74) is 0.591. The van der Waals surface area contributed by atoms with E-state index in [9.17, 15) is 31.5 Å². The van der Waals surface area contributed by atoms with Crippen molar-refractivity contribution in [1.82, 2.24) is 5.09 Å². The van der Waals surface area contributed by atoms with E-state index < -0.39 is 55.1 Å². The van der Waals surface area contributed by atoms with E-state index in [4.69, 9.17) is 9.26 Å². The van der Waals surface area contributed by atoms with Crippen LogP contribution in [0.25, 0.3) is 10.1 Å². The predicted molar refractivity (Wildman–Crippen MR) is 149 cm³/mol. The molecule has 0 radical (unpaired) electrons. The number of ether oxygens (including phenoxy) is 2. The molecule has 1 N–H and O–H groups in total. The molecule has 1 heterocycles. The summed E-state index contributed by atoms with van der Waals surface area (Å²) in [5, 5.41) is 3.68. The standard InChI is InChI=1S/C29H25F5NO5PS/c1-29(2,3)15-38-21(36)13-35-41(40-18-7-5-4-6-8-18)14-16-9-10-19-17(11-16)12-20(42-19)28(37)39-27-25(33)23(31)22(30)24(32)26(27)34/h4-12,35H,13-15H2,1-3H3. The van der Waals surface area contributed by atoms with E-state index in [1.165, 1.54) is 6.07 Å². The fourth-order valence-electron chi connectivity index (χ4n) is 3.50. The normalized spacial score (nSPS) is 12.3. The fourth-order valence-corrected chi connectivity index (χ4v) is 5.88. The predicted octanol–water partition coefficient (Wildman–Crippen LogP) is 7.89. The molecule has 0 aliphatic carbocycles. The molecule has 0 spiro atoms. The van der Waals surface area contributed by atoms with Crippen LogP contribution in [0.5, 0.6) is 11.5 Å². The zero-order valence-corrected chi connectivity index (χ0v) is 24.3. The van der Waals surface area contributed by atoms with Crippen molar-refractivity contribution in [2.75, 3.05) is 13.2 Å². The van der Waals surface area contributed by atoms with Gasteiger partial charge in [0.2, 0.25) is 34.8 Å². The molecule has 4 rings (SSSR count). The number of benzene rings is 3. The molecule has 0 fully saturated rings. The van der Waals surface area contributed by atoms with E-state index in [0.29, 0.717) is 22.0 Å². The highest BCUT2D eigenvalue weighted by Gasteiger charge is 2.29. The number of halogens is 5. The number of esters is 2. The third kappa shape index (κ3) is 7.81. The molecule has 1 unspecified atom stereocenters. The SMILES string of the molecule is CC(C)(C)COC(=O)CNP(Cc1ccc2sc(C(=O)Oc3c(F)c(F)c(F)c(F)c3F)cc2c1)Oc1ccccc1. The number of hydrogen-bond donors (Lipinski definition) is 1. The maximum absolute atomic E-state index is 14.0. The van der Waals surface area contributed by atoms with Crippen molar-refractivity contribution in [3.8, 4) is 11.5 Å². The molecular weight excluding hydrogens is 600 g/mol. The molecule has 6 nitrogen and oxygen atoms in total. The maximum Gasteiger partial charge on any atom is 0.353 e. The third-order valence-electron chi connectivity index (χ3n) is 5.50. The molecule has 1 aromatic heterocycles. The molecule has 0 amide bonds. The summed E-state index contributed by atoms with van der Waals surface area (Å²) in [7, 11) is -1.42. The Labute approximate surface area is 243 Å². The number of rotatable bonds is 10. The largest absolute Gasteiger partial charge is 0.464 e. The van der Waals surface area contributed by atoms with Crippen LogP contribution in [0, 0.1) is 34.5 Å². The van der Waals surface area contributed by atoms with Gasteiger partial charge in [-0.3, -0.25) is 9.88 Å². The lowest BCUT2D eigenvalue weighted by Crippen LogP contribution is -2.26. The number of nitrogens with one attached hydrogen (secondary N) is 1. The van der Waals surface area contributed by atoms with Crippen LogP contribution >= 0.6 is 19.6 Å². The van der Waals surface area contributed by atoms with Crippen molar-refractivity contribution in [1.29, 1.82) is 0 Å². The van der Waals surface area contributed by atoms with Crippen molar-refractivity contribution < 1.29 is 45.5 Å². The average Bonchev–Trinajstić information content (AvgIpc) is 3.39. The number of fused-ring (bicyclic) bond motifs is 1. The first-order valence-corrected chi connectivity index (χ1v) is 14.7. The van der Waals surface area contributed by atoms with E-state index in [-0.39, 0.29) is 23.4 Å². The van der Waals surface area contributed by atoms with E-state index in [0.717, 1.165) is 16.9 Å². The average molecular weight is 626 g/mol. The van der Waals surface area contributed by atoms with Crippen LogP contribution in [0.3, 0.4) is 0 Å². The van der Waals surface area contributed by atoms with Gasteiger partial charge in [0.1, 0.15) is 17.2 Å². The Morgan fingerprint density at radius 1 is 0.881 bits per heavy atom. The lowest BCUT2D eigenvalue weighted by molar-refractivity contribution is -0.144. The fraction of sp³-hybridized carbons (Fsp3) is 0.241. The van der Waals surface area contributed by atoms with Crippen LogP contribution in [0.4, 0.5) is 22.0 Å². The Bertz CT molecular complexity index is 1580. The Morgan fingerprint density at radius 2 is 1.52 bits per heavy atom. The molecule has 222 valence electrons. The lowest BCUT2D eigenvalue weighted by Gasteiger charge is -2.21. The number of hydrogen-bond acceptors (Lipinski definition) is 7. The second-order valence-electron chi connectivity index (χ2n) is 10.3. The maximum atomic E-state index is 14.0. The van der Waals surface area contributed by atoms with Crippen LogP contribution in [0.1, 0.15) is 36.0 Å².